The van der Waals surface area contributed by atoms with Crippen LogP contribution >= 0.6 is 0 Å². The van der Waals surface area contributed by atoms with Crippen LogP contribution in [0.2, 0.25) is 0 Å². The molecular weight excluding hydrogens is 661 g/mol. The molecular formula is C48H32N6. The molecule has 0 saturated carbocycles. The first-order valence-corrected chi connectivity index (χ1v) is 18.0. The smallest absolute Gasteiger partial charge is 0.164 e. The minimum atomic E-state index is 0.812. The van der Waals surface area contributed by atoms with Gasteiger partial charge < -0.3 is 0 Å². The van der Waals surface area contributed by atoms with Gasteiger partial charge in [-0.25, -0.2) is 19.9 Å². The number of imidazole rings is 2. The monoisotopic (exact) mass is 692 g/mol. The van der Waals surface area contributed by atoms with Gasteiger partial charge in [0.15, 0.2) is 11.3 Å². The molecule has 6 heteroatoms. The van der Waals surface area contributed by atoms with Gasteiger partial charge in [0.1, 0.15) is 22.7 Å². The quantitative estimate of drug-likeness (QED) is 0.167. The third-order valence-corrected chi connectivity index (χ3v) is 9.87. The van der Waals surface area contributed by atoms with Crippen molar-refractivity contribution < 1.29 is 0 Å². The Balaban J connectivity index is 1.11. The summed E-state index contributed by atoms with van der Waals surface area (Å²) >= 11 is 0. The molecule has 4 aromatic heterocycles. The van der Waals surface area contributed by atoms with Crippen molar-refractivity contribution >= 4 is 22.3 Å². The SMILES string of the molecule is c1ccc(-c2ccccc2-n2c(-c3cccc(-c4cccc(-c5nc6cccnc6n5-c5ccccc5-c5ccccc5)c4)c3)nc3cccnc32)cc1. The van der Waals surface area contributed by atoms with Crippen LogP contribution in [0.3, 0.4) is 0 Å². The summed E-state index contributed by atoms with van der Waals surface area (Å²) < 4.78 is 4.37. The number of nitrogens with zero attached hydrogens (tertiary/aromatic N) is 6. The van der Waals surface area contributed by atoms with E-state index in [1.807, 2.05) is 48.8 Å². The van der Waals surface area contributed by atoms with E-state index in [0.717, 1.165) is 89.9 Å². The molecule has 0 radical (unpaired) electrons. The zero-order chi connectivity index (χ0) is 35.8. The summed E-state index contributed by atoms with van der Waals surface area (Å²) in [6, 6.07) is 63.0. The number of hydrogen-bond donors (Lipinski definition) is 0. The van der Waals surface area contributed by atoms with Gasteiger partial charge in [0.05, 0.1) is 11.4 Å². The molecule has 6 aromatic carbocycles. The maximum Gasteiger partial charge on any atom is 0.164 e. The number of rotatable bonds is 7. The Morgan fingerprint density at radius 2 is 0.704 bits per heavy atom. The molecule has 0 spiro atoms. The van der Waals surface area contributed by atoms with Gasteiger partial charge in [-0.15, -0.1) is 0 Å². The highest BCUT2D eigenvalue weighted by atomic mass is 15.1. The van der Waals surface area contributed by atoms with Crippen LogP contribution in [0.25, 0.3) is 89.9 Å². The molecule has 54 heavy (non-hydrogen) atoms. The van der Waals surface area contributed by atoms with Gasteiger partial charge in [-0.3, -0.25) is 9.13 Å². The van der Waals surface area contributed by atoms with Gasteiger partial charge in [0, 0.05) is 34.6 Å². The van der Waals surface area contributed by atoms with E-state index in [2.05, 4.69) is 155 Å². The molecule has 254 valence electrons. The first-order valence-electron chi connectivity index (χ1n) is 18.0. The third kappa shape index (κ3) is 5.45. The number of benzene rings is 6. The maximum atomic E-state index is 5.18. The first kappa shape index (κ1) is 31.3. The van der Waals surface area contributed by atoms with E-state index in [1.165, 1.54) is 0 Å². The molecule has 0 aliphatic carbocycles. The molecule has 0 amide bonds. The Hall–Kier alpha value is -7.44. The van der Waals surface area contributed by atoms with Crippen molar-refractivity contribution in [2.45, 2.75) is 0 Å². The van der Waals surface area contributed by atoms with Crippen molar-refractivity contribution in [3.05, 3.63) is 194 Å². The van der Waals surface area contributed by atoms with Crippen LogP contribution in [-0.4, -0.2) is 29.1 Å². The first-order chi connectivity index (χ1) is 26.8. The van der Waals surface area contributed by atoms with E-state index in [-0.39, 0.29) is 0 Å². The fraction of sp³-hybridized carbons (Fsp3) is 0. The number of pyridine rings is 2. The van der Waals surface area contributed by atoms with E-state index < -0.39 is 0 Å². The Morgan fingerprint density at radius 1 is 0.315 bits per heavy atom. The van der Waals surface area contributed by atoms with Crippen LogP contribution in [0.5, 0.6) is 0 Å². The lowest BCUT2D eigenvalue weighted by molar-refractivity contribution is 1.08. The number of aromatic nitrogens is 6. The molecule has 0 N–H and O–H groups in total. The van der Waals surface area contributed by atoms with Crippen LogP contribution in [0.15, 0.2) is 194 Å². The molecule has 10 rings (SSSR count). The summed E-state index contributed by atoms with van der Waals surface area (Å²) in [6.07, 6.45) is 3.66. The number of fused-ring (bicyclic) bond motifs is 2. The van der Waals surface area contributed by atoms with Crippen molar-refractivity contribution in [1.82, 2.24) is 29.1 Å². The third-order valence-electron chi connectivity index (χ3n) is 9.87. The summed E-state index contributed by atoms with van der Waals surface area (Å²) in [5.74, 6) is 1.66. The largest absolute Gasteiger partial charge is 0.276 e. The average molecular weight is 693 g/mol. The second-order valence-corrected chi connectivity index (χ2v) is 13.2. The van der Waals surface area contributed by atoms with Gasteiger partial charge >= 0.3 is 0 Å². The van der Waals surface area contributed by atoms with Gasteiger partial charge in [-0.05, 0) is 70.8 Å². The van der Waals surface area contributed by atoms with E-state index in [0.29, 0.717) is 0 Å². The molecule has 0 aliphatic rings. The highest BCUT2D eigenvalue weighted by Crippen LogP contribution is 2.37. The highest BCUT2D eigenvalue weighted by Gasteiger charge is 2.21. The zero-order valence-electron chi connectivity index (χ0n) is 29.2. The summed E-state index contributed by atoms with van der Waals surface area (Å²) in [4.78, 5) is 20.0. The number of hydrogen-bond acceptors (Lipinski definition) is 4. The molecule has 10 aromatic rings. The molecule has 0 atom stereocenters. The predicted octanol–water partition coefficient (Wildman–Crippen LogP) is 11.5. The van der Waals surface area contributed by atoms with Gasteiger partial charge in [-0.1, -0.05) is 133 Å². The van der Waals surface area contributed by atoms with Crippen LogP contribution in [0, 0.1) is 0 Å². The summed E-state index contributed by atoms with van der Waals surface area (Å²) in [7, 11) is 0. The van der Waals surface area contributed by atoms with E-state index >= 15 is 0 Å². The van der Waals surface area contributed by atoms with Crippen molar-refractivity contribution in [3.8, 4) is 67.5 Å². The van der Waals surface area contributed by atoms with Gasteiger partial charge in [-0.2, -0.15) is 0 Å². The summed E-state index contributed by atoms with van der Waals surface area (Å²) in [5, 5.41) is 0. The van der Waals surface area contributed by atoms with Crippen molar-refractivity contribution in [3.63, 3.8) is 0 Å². The Kier molecular flexibility index (Phi) is 7.69. The Labute approximate surface area is 312 Å². The minimum Gasteiger partial charge on any atom is -0.276 e. The second kappa shape index (κ2) is 13.3. The van der Waals surface area contributed by atoms with Crippen LogP contribution in [-0.2, 0) is 0 Å². The topological polar surface area (TPSA) is 61.4 Å². The predicted molar refractivity (Wildman–Crippen MR) is 218 cm³/mol. The Bertz CT molecular complexity index is 2740. The average Bonchev–Trinajstić information content (AvgIpc) is 3.84. The van der Waals surface area contributed by atoms with Crippen LogP contribution < -0.4 is 0 Å². The normalized spacial score (nSPS) is 11.3. The lowest BCUT2D eigenvalue weighted by Gasteiger charge is -2.15. The standard InChI is InChI=1S/C48H32N6/c1-3-15-33(16-4-1)39-23-7-9-27-43(39)53-45(51-41-25-13-29-49-47(41)53)37-21-11-19-35(31-37)36-20-12-22-38(32-36)46-52-42-26-14-30-50-48(42)54(46)44-28-10-8-24-40(44)34-17-5-2-6-18-34/h1-32H. The second-order valence-electron chi connectivity index (χ2n) is 13.2. The van der Waals surface area contributed by atoms with E-state index in [9.17, 15) is 0 Å². The van der Waals surface area contributed by atoms with E-state index in [1.54, 1.807) is 0 Å². The van der Waals surface area contributed by atoms with Gasteiger partial charge in [0.2, 0.25) is 0 Å². The fourth-order valence-corrected chi connectivity index (χ4v) is 7.41. The van der Waals surface area contributed by atoms with Crippen molar-refractivity contribution in [1.29, 1.82) is 0 Å². The molecule has 6 nitrogen and oxygen atoms in total. The van der Waals surface area contributed by atoms with Crippen molar-refractivity contribution in [2.75, 3.05) is 0 Å². The van der Waals surface area contributed by atoms with Crippen molar-refractivity contribution in [2.24, 2.45) is 0 Å². The van der Waals surface area contributed by atoms with E-state index in [4.69, 9.17) is 19.9 Å². The van der Waals surface area contributed by atoms with Gasteiger partial charge in [0.25, 0.3) is 0 Å². The zero-order valence-corrected chi connectivity index (χ0v) is 29.2. The summed E-state index contributed by atoms with van der Waals surface area (Å²) in [6.45, 7) is 0. The maximum absolute atomic E-state index is 5.18. The highest BCUT2D eigenvalue weighted by molar-refractivity contribution is 5.87. The fourth-order valence-electron chi connectivity index (χ4n) is 7.41. The summed E-state index contributed by atoms with van der Waals surface area (Å²) in [5.41, 5.74) is 14.0. The van der Waals surface area contributed by atoms with Crippen LogP contribution in [0.4, 0.5) is 0 Å². The molecule has 0 bridgehead atoms. The van der Waals surface area contributed by atoms with Crippen LogP contribution in [0.1, 0.15) is 0 Å². The molecule has 4 heterocycles. The minimum absolute atomic E-state index is 0.812. The molecule has 0 saturated heterocycles. The molecule has 0 aliphatic heterocycles. The molecule has 0 unspecified atom stereocenters. The lowest BCUT2D eigenvalue weighted by Crippen LogP contribution is -2.01. The lowest BCUT2D eigenvalue weighted by atomic mass is 10.00. The molecule has 0 fully saturated rings. The number of para-hydroxylation sites is 2. The Morgan fingerprint density at radius 3 is 1.17 bits per heavy atom.